The number of methoxy groups -OCH3 is 1. The normalized spacial score (nSPS) is 12.2. The number of carbonyl (C=O) groups is 1. The van der Waals surface area contributed by atoms with Gasteiger partial charge in [-0.3, -0.25) is 4.79 Å². The summed E-state index contributed by atoms with van der Waals surface area (Å²) in [4.78, 5) is 12.6. The summed E-state index contributed by atoms with van der Waals surface area (Å²) in [6, 6.07) is 23.8. The highest BCUT2D eigenvalue weighted by molar-refractivity contribution is 7.89. The molecule has 7 heteroatoms. The van der Waals surface area contributed by atoms with Gasteiger partial charge in [0.2, 0.25) is 15.9 Å². The van der Waals surface area contributed by atoms with Crippen molar-refractivity contribution in [3.8, 4) is 5.75 Å². The van der Waals surface area contributed by atoms with Crippen molar-refractivity contribution < 1.29 is 17.9 Å². The monoisotopic (exact) mass is 466 g/mol. The molecule has 0 fully saturated rings. The molecule has 0 radical (unpaired) electrons. The fraction of sp³-hybridized carbons (Fsp3) is 0.269. The molecule has 0 aliphatic rings. The molecule has 1 amide bonds. The van der Waals surface area contributed by atoms with Crippen LogP contribution in [0.5, 0.6) is 5.75 Å². The van der Waals surface area contributed by atoms with Crippen molar-refractivity contribution >= 4 is 15.9 Å². The third-order valence-electron chi connectivity index (χ3n) is 5.41. The van der Waals surface area contributed by atoms with Gasteiger partial charge < -0.3 is 10.1 Å². The number of nitrogens with one attached hydrogen (secondary N) is 2. The molecule has 0 saturated heterocycles. The highest BCUT2D eigenvalue weighted by Gasteiger charge is 2.15. The van der Waals surface area contributed by atoms with Gasteiger partial charge >= 0.3 is 0 Å². The lowest BCUT2D eigenvalue weighted by Gasteiger charge is -2.17. The van der Waals surface area contributed by atoms with Gasteiger partial charge in [-0.1, -0.05) is 60.7 Å². The molecule has 3 rings (SSSR count). The summed E-state index contributed by atoms with van der Waals surface area (Å²) in [6.45, 7) is 2.25. The van der Waals surface area contributed by atoms with E-state index in [1.165, 1.54) is 0 Å². The van der Waals surface area contributed by atoms with E-state index in [4.69, 9.17) is 4.74 Å². The van der Waals surface area contributed by atoms with Crippen molar-refractivity contribution in [1.82, 2.24) is 10.0 Å². The van der Waals surface area contributed by atoms with Gasteiger partial charge in [0.25, 0.3) is 0 Å². The van der Waals surface area contributed by atoms with Crippen molar-refractivity contribution in [2.45, 2.75) is 37.1 Å². The second-order valence-corrected chi connectivity index (χ2v) is 9.58. The minimum atomic E-state index is -3.57. The van der Waals surface area contributed by atoms with Gasteiger partial charge in [0, 0.05) is 18.5 Å². The first-order valence-corrected chi connectivity index (χ1v) is 12.4. The number of rotatable bonds is 11. The summed E-state index contributed by atoms with van der Waals surface area (Å²) in [5.74, 6) is 0.659. The van der Waals surface area contributed by atoms with E-state index in [-0.39, 0.29) is 16.8 Å². The molecule has 3 aromatic carbocycles. The van der Waals surface area contributed by atoms with Gasteiger partial charge in [-0.25, -0.2) is 13.1 Å². The first-order chi connectivity index (χ1) is 15.9. The second-order valence-electron chi connectivity index (χ2n) is 7.81. The Labute approximate surface area is 196 Å². The van der Waals surface area contributed by atoms with E-state index in [9.17, 15) is 13.2 Å². The Balaban J connectivity index is 1.49. The number of benzene rings is 3. The number of amides is 1. The minimum Gasteiger partial charge on any atom is -0.496 e. The number of para-hydroxylation sites is 1. The van der Waals surface area contributed by atoms with Crippen LogP contribution >= 0.6 is 0 Å². The molecule has 2 N–H and O–H groups in total. The topological polar surface area (TPSA) is 84.5 Å². The zero-order chi connectivity index (χ0) is 23.7. The smallest absolute Gasteiger partial charge is 0.240 e. The van der Waals surface area contributed by atoms with Crippen molar-refractivity contribution in [2.75, 3.05) is 13.7 Å². The SMILES string of the molecule is COc1ccccc1[C@@H](C)NC(=O)CCc1ccc(S(=O)(=O)NCCc2ccccc2)cc1. The number of hydrogen-bond acceptors (Lipinski definition) is 4. The minimum absolute atomic E-state index is 0.0762. The van der Waals surface area contributed by atoms with Crippen LogP contribution in [-0.2, 0) is 27.7 Å². The van der Waals surface area contributed by atoms with Gasteiger partial charge in [-0.2, -0.15) is 0 Å². The molecular weight excluding hydrogens is 436 g/mol. The van der Waals surface area contributed by atoms with Crippen molar-refractivity contribution in [1.29, 1.82) is 0 Å². The van der Waals surface area contributed by atoms with Crippen molar-refractivity contribution in [3.63, 3.8) is 0 Å². The quantitative estimate of drug-likeness (QED) is 0.447. The first kappa shape index (κ1) is 24.5. The Morgan fingerprint density at radius 1 is 0.879 bits per heavy atom. The summed E-state index contributed by atoms with van der Waals surface area (Å²) in [6.07, 6.45) is 1.45. The Morgan fingerprint density at radius 2 is 1.52 bits per heavy atom. The zero-order valence-corrected chi connectivity index (χ0v) is 19.8. The standard InChI is InChI=1S/C26H30N2O4S/c1-20(24-10-6-7-11-25(24)32-2)28-26(29)17-14-22-12-15-23(16-13-22)33(30,31)27-19-18-21-8-4-3-5-9-21/h3-13,15-16,20,27H,14,17-19H2,1-2H3,(H,28,29)/t20-/m1/s1. The Kier molecular flexibility index (Phi) is 8.63. The van der Waals surface area contributed by atoms with E-state index in [0.717, 1.165) is 22.4 Å². The number of carbonyl (C=O) groups excluding carboxylic acids is 1. The van der Waals surface area contributed by atoms with Gasteiger partial charge in [-0.05, 0) is 49.1 Å². The zero-order valence-electron chi connectivity index (χ0n) is 19.0. The summed E-state index contributed by atoms with van der Waals surface area (Å²) in [7, 11) is -1.97. The summed E-state index contributed by atoms with van der Waals surface area (Å²) >= 11 is 0. The molecule has 0 aromatic heterocycles. The maximum Gasteiger partial charge on any atom is 0.240 e. The van der Waals surface area contributed by atoms with Crippen LogP contribution in [0.3, 0.4) is 0 Å². The molecule has 0 bridgehead atoms. The molecule has 1 atom stereocenters. The molecule has 0 heterocycles. The van der Waals surface area contributed by atoms with E-state index in [1.54, 1.807) is 31.4 Å². The fourth-order valence-electron chi connectivity index (χ4n) is 3.57. The maximum atomic E-state index is 12.5. The van der Waals surface area contributed by atoms with Crippen molar-refractivity contribution in [3.05, 3.63) is 95.6 Å². The first-order valence-electron chi connectivity index (χ1n) is 10.9. The van der Waals surface area contributed by atoms with Crippen LogP contribution in [0.25, 0.3) is 0 Å². The van der Waals surface area contributed by atoms with E-state index in [0.29, 0.717) is 25.8 Å². The average molecular weight is 467 g/mol. The van der Waals surface area contributed by atoms with Crippen LogP contribution < -0.4 is 14.8 Å². The van der Waals surface area contributed by atoms with Gasteiger partial charge in [0.15, 0.2) is 0 Å². The van der Waals surface area contributed by atoms with E-state index in [1.807, 2.05) is 61.5 Å². The molecular formula is C26H30N2O4S. The third kappa shape index (κ3) is 7.17. The molecule has 3 aromatic rings. The number of sulfonamides is 1. The highest BCUT2D eigenvalue weighted by Crippen LogP contribution is 2.24. The second kappa shape index (κ2) is 11.6. The molecule has 0 saturated carbocycles. The summed E-state index contributed by atoms with van der Waals surface area (Å²) < 4.78 is 33.0. The van der Waals surface area contributed by atoms with Gasteiger partial charge in [0.05, 0.1) is 18.0 Å². The van der Waals surface area contributed by atoms with E-state index in [2.05, 4.69) is 10.0 Å². The van der Waals surface area contributed by atoms with E-state index < -0.39 is 10.0 Å². The van der Waals surface area contributed by atoms with E-state index >= 15 is 0 Å². The lowest BCUT2D eigenvalue weighted by Crippen LogP contribution is -2.27. The van der Waals surface area contributed by atoms with Gasteiger partial charge in [-0.15, -0.1) is 0 Å². The molecule has 0 unspecified atom stereocenters. The predicted octanol–water partition coefficient (Wildman–Crippen LogP) is 4.03. The van der Waals surface area contributed by atoms with Gasteiger partial charge in [0.1, 0.15) is 5.75 Å². The predicted molar refractivity (Wildman–Crippen MR) is 130 cm³/mol. The average Bonchev–Trinajstić information content (AvgIpc) is 2.83. The molecule has 0 aliphatic heterocycles. The van der Waals surface area contributed by atoms with Crippen molar-refractivity contribution in [2.24, 2.45) is 0 Å². The van der Waals surface area contributed by atoms with Crippen LogP contribution in [0.1, 0.15) is 36.1 Å². The number of ether oxygens (including phenoxy) is 1. The lowest BCUT2D eigenvalue weighted by atomic mass is 10.1. The molecule has 33 heavy (non-hydrogen) atoms. The summed E-state index contributed by atoms with van der Waals surface area (Å²) in [5, 5.41) is 2.99. The van der Waals surface area contributed by atoms with Crippen LogP contribution in [0, 0.1) is 0 Å². The Bertz CT molecular complexity index is 1150. The van der Waals surface area contributed by atoms with Crippen LogP contribution in [0.4, 0.5) is 0 Å². The van der Waals surface area contributed by atoms with Crippen LogP contribution in [0.15, 0.2) is 83.8 Å². The number of aryl methyl sites for hydroxylation is 1. The Hall–Kier alpha value is -3.16. The lowest BCUT2D eigenvalue weighted by molar-refractivity contribution is -0.121. The molecule has 174 valence electrons. The molecule has 0 spiro atoms. The highest BCUT2D eigenvalue weighted by atomic mass is 32.2. The Morgan fingerprint density at radius 3 is 2.21 bits per heavy atom. The maximum absolute atomic E-state index is 12.5. The third-order valence-corrected chi connectivity index (χ3v) is 6.88. The fourth-order valence-corrected chi connectivity index (χ4v) is 4.60. The van der Waals surface area contributed by atoms with Crippen LogP contribution in [-0.4, -0.2) is 28.0 Å². The number of hydrogen-bond donors (Lipinski definition) is 2. The van der Waals surface area contributed by atoms with Crippen LogP contribution in [0.2, 0.25) is 0 Å². The molecule has 0 aliphatic carbocycles. The summed E-state index contributed by atoms with van der Waals surface area (Å²) in [5.41, 5.74) is 2.90. The molecule has 6 nitrogen and oxygen atoms in total. The largest absolute Gasteiger partial charge is 0.496 e.